The van der Waals surface area contributed by atoms with Crippen LogP contribution in [0.5, 0.6) is 0 Å². The first-order valence-corrected chi connectivity index (χ1v) is 9.17. The molecule has 3 heteroatoms. The first-order chi connectivity index (χ1) is 12.1. The molecule has 0 bridgehead atoms. The van der Waals surface area contributed by atoms with E-state index in [0.29, 0.717) is 0 Å². The average Bonchev–Trinajstić information content (AvgIpc) is 2.57. The molecule has 3 nitrogen and oxygen atoms in total. The lowest BCUT2D eigenvalue weighted by Crippen LogP contribution is -2.31. The minimum Gasteiger partial charge on any atom is -0.466 e. The molecule has 0 fully saturated rings. The summed E-state index contributed by atoms with van der Waals surface area (Å²) in [5.74, 6) is 0.0765. The SMILES string of the molecule is CCC1CC(C)(C)C(/C=C/C(C)=C/C=C/C(C)=C/C(=O)OC)=C(C)C1=O. The van der Waals surface area contributed by atoms with Crippen LogP contribution in [0.4, 0.5) is 0 Å². The molecule has 1 rings (SSSR count). The summed E-state index contributed by atoms with van der Waals surface area (Å²) >= 11 is 0. The average molecular weight is 357 g/mol. The number of carbonyl (C=O) groups excluding carboxylic acids is 2. The van der Waals surface area contributed by atoms with Crippen molar-refractivity contribution in [1.82, 2.24) is 0 Å². The number of hydrogen-bond donors (Lipinski definition) is 0. The van der Waals surface area contributed by atoms with Gasteiger partial charge in [0.25, 0.3) is 0 Å². The van der Waals surface area contributed by atoms with Crippen LogP contribution in [0.2, 0.25) is 0 Å². The van der Waals surface area contributed by atoms with Gasteiger partial charge in [-0.2, -0.15) is 0 Å². The van der Waals surface area contributed by atoms with Crippen LogP contribution in [0.3, 0.4) is 0 Å². The summed E-state index contributed by atoms with van der Waals surface area (Å²) in [5, 5.41) is 0. The summed E-state index contributed by atoms with van der Waals surface area (Å²) in [6.07, 6.45) is 13.1. The van der Waals surface area contributed by atoms with Crippen LogP contribution in [0.15, 0.2) is 58.7 Å². The fourth-order valence-electron chi connectivity index (χ4n) is 3.36. The summed E-state index contributed by atoms with van der Waals surface area (Å²) in [6.45, 7) is 12.3. The van der Waals surface area contributed by atoms with E-state index in [4.69, 9.17) is 0 Å². The maximum atomic E-state index is 12.5. The van der Waals surface area contributed by atoms with E-state index in [-0.39, 0.29) is 23.1 Å². The van der Waals surface area contributed by atoms with Gasteiger partial charge in [-0.15, -0.1) is 0 Å². The molecule has 0 amide bonds. The van der Waals surface area contributed by atoms with E-state index in [2.05, 4.69) is 31.6 Å². The highest BCUT2D eigenvalue weighted by Crippen LogP contribution is 2.43. The highest BCUT2D eigenvalue weighted by atomic mass is 16.5. The van der Waals surface area contributed by atoms with E-state index < -0.39 is 0 Å². The number of methoxy groups -OCH3 is 1. The van der Waals surface area contributed by atoms with Crippen molar-refractivity contribution in [2.75, 3.05) is 7.11 Å². The molecule has 0 aliphatic heterocycles. The molecule has 142 valence electrons. The lowest BCUT2D eigenvalue weighted by molar-refractivity contribution is -0.134. The monoisotopic (exact) mass is 356 g/mol. The quantitative estimate of drug-likeness (QED) is 0.358. The Kier molecular flexibility index (Phi) is 8.01. The topological polar surface area (TPSA) is 43.4 Å². The van der Waals surface area contributed by atoms with Crippen LogP contribution in [0.25, 0.3) is 0 Å². The van der Waals surface area contributed by atoms with E-state index >= 15 is 0 Å². The first-order valence-electron chi connectivity index (χ1n) is 9.17. The second-order valence-corrected chi connectivity index (χ2v) is 7.61. The van der Waals surface area contributed by atoms with Gasteiger partial charge in [0.1, 0.15) is 0 Å². The summed E-state index contributed by atoms with van der Waals surface area (Å²) in [7, 11) is 1.36. The molecular weight excluding hydrogens is 324 g/mol. The van der Waals surface area contributed by atoms with E-state index in [1.54, 1.807) is 0 Å². The number of hydrogen-bond acceptors (Lipinski definition) is 3. The smallest absolute Gasteiger partial charge is 0.330 e. The molecule has 0 N–H and O–H groups in total. The van der Waals surface area contributed by atoms with Crippen LogP contribution in [0.1, 0.15) is 54.4 Å². The standard InChI is InChI=1S/C23H32O3/c1-8-19-15-23(5,6)20(18(4)22(19)25)13-12-16(2)10-9-11-17(3)14-21(24)26-7/h9-14,19H,8,15H2,1-7H3/b11-9+,13-12+,16-10+,17-14+. The Morgan fingerprint density at radius 1 is 1.23 bits per heavy atom. The van der Waals surface area contributed by atoms with Crippen molar-refractivity contribution >= 4 is 11.8 Å². The molecule has 1 aliphatic rings. The van der Waals surface area contributed by atoms with Gasteiger partial charge in [-0.1, -0.05) is 56.7 Å². The third-order valence-electron chi connectivity index (χ3n) is 4.90. The molecule has 1 atom stereocenters. The van der Waals surface area contributed by atoms with Crippen molar-refractivity contribution in [1.29, 1.82) is 0 Å². The maximum absolute atomic E-state index is 12.5. The molecule has 0 saturated heterocycles. The minimum atomic E-state index is -0.357. The second kappa shape index (κ2) is 9.51. The van der Waals surface area contributed by atoms with E-state index in [0.717, 1.165) is 35.1 Å². The van der Waals surface area contributed by atoms with Gasteiger partial charge < -0.3 is 4.74 Å². The zero-order chi connectivity index (χ0) is 19.9. The van der Waals surface area contributed by atoms with Crippen molar-refractivity contribution in [3.8, 4) is 0 Å². The van der Waals surface area contributed by atoms with Crippen LogP contribution >= 0.6 is 0 Å². The zero-order valence-corrected chi connectivity index (χ0v) is 17.2. The molecule has 0 aromatic carbocycles. The Hall–Kier alpha value is -2.16. The third-order valence-corrected chi connectivity index (χ3v) is 4.90. The predicted molar refractivity (Wildman–Crippen MR) is 108 cm³/mol. The number of Topliss-reactive ketones (excluding diaryl/α,β-unsaturated/α-hetero) is 1. The third kappa shape index (κ3) is 5.98. The summed E-state index contributed by atoms with van der Waals surface area (Å²) < 4.78 is 4.60. The number of ether oxygens (including phenoxy) is 1. The van der Waals surface area contributed by atoms with Gasteiger partial charge in [0.15, 0.2) is 5.78 Å². The number of carbonyl (C=O) groups is 2. The van der Waals surface area contributed by atoms with Crippen molar-refractivity contribution < 1.29 is 14.3 Å². The molecule has 1 unspecified atom stereocenters. The Balaban J connectivity index is 2.94. The molecule has 0 aromatic rings. The van der Waals surface area contributed by atoms with Gasteiger partial charge in [0.2, 0.25) is 0 Å². The van der Waals surface area contributed by atoms with Crippen LogP contribution in [-0.4, -0.2) is 18.9 Å². The molecular formula is C23H32O3. The number of allylic oxidation sites excluding steroid dienone is 9. The molecule has 0 saturated carbocycles. The number of rotatable bonds is 6. The highest BCUT2D eigenvalue weighted by molar-refractivity contribution is 5.99. The van der Waals surface area contributed by atoms with Crippen molar-refractivity contribution in [3.63, 3.8) is 0 Å². The summed E-state index contributed by atoms with van der Waals surface area (Å²) in [4.78, 5) is 23.7. The normalized spacial score (nSPS) is 21.8. The van der Waals surface area contributed by atoms with Crippen LogP contribution < -0.4 is 0 Å². The lowest BCUT2D eigenvalue weighted by Gasteiger charge is -2.36. The zero-order valence-electron chi connectivity index (χ0n) is 17.2. The van der Waals surface area contributed by atoms with E-state index in [1.165, 1.54) is 13.2 Å². The van der Waals surface area contributed by atoms with Gasteiger partial charge >= 0.3 is 5.97 Å². The lowest BCUT2D eigenvalue weighted by atomic mass is 9.67. The molecule has 1 aliphatic carbocycles. The molecule has 26 heavy (non-hydrogen) atoms. The van der Waals surface area contributed by atoms with E-state index in [1.807, 2.05) is 45.1 Å². The van der Waals surface area contributed by atoms with Crippen LogP contribution in [0, 0.1) is 11.3 Å². The van der Waals surface area contributed by atoms with Crippen LogP contribution in [-0.2, 0) is 14.3 Å². The van der Waals surface area contributed by atoms with Gasteiger partial charge in [0.05, 0.1) is 7.11 Å². The van der Waals surface area contributed by atoms with Gasteiger partial charge in [-0.05, 0) is 55.7 Å². The predicted octanol–water partition coefficient (Wildman–Crippen LogP) is 5.51. The molecule has 0 radical (unpaired) electrons. The fraction of sp³-hybridized carbons (Fsp3) is 0.478. The largest absolute Gasteiger partial charge is 0.466 e. The first kappa shape index (κ1) is 21.9. The van der Waals surface area contributed by atoms with Gasteiger partial charge in [-0.25, -0.2) is 4.79 Å². The Morgan fingerprint density at radius 3 is 2.46 bits per heavy atom. The van der Waals surface area contributed by atoms with E-state index in [9.17, 15) is 9.59 Å². The Morgan fingerprint density at radius 2 is 1.88 bits per heavy atom. The van der Waals surface area contributed by atoms with Gasteiger partial charge in [-0.3, -0.25) is 4.79 Å². The highest BCUT2D eigenvalue weighted by Gasteiger charge is 2.36. The molecule has 0 aromatic heterocycles. The second-order valence-electron chi connectivity index (χ2n) is 7.61. The Bertz CT molecular complexity index is 697. The maximum Gasteiger partial charge on any atom is 0.330 e. The van der Waals surface area contributed by atoms with Crippen molar-refractivity contribution in [3.05, 3.63) is 58.7 Å². The Labute approximate surface area is 158 Å². The summed E-state index contributed by atoms with van der Waals surface area (Å²) in [6, 6.07) is 0. The van der Waals surface area contributed by atoms with Crippen molar-refractivity contribution in [2.24, 2.45) is 11.3 Å². The molecule has 0 spiro atoms. The fourth-order valence-corrected chi connectivity index (χ4v) is 3.36. The number of esters is 1. The summed E-state index contributed by atoms with van der Waals surface area (Å²) in [5.41, 5.74) is 3.93. The van der Waals surface area contributed by atoms with Gasteiger partial charge in [0, 0.05) is 12.0 Å². The minimum absolute atomic E-state index is 0.00509. The van der Waals surface area contributed by atoms with Crippen molar-refractivity contribution in [2.45, 2.75) is 54.4 Å². The molecule has 0 heterocycles. The number of ketones is 1.